The van der Waals surface area contributed by atoms with E-state index in [2.05, 4.69) is 4.98 Å². The number of hydrogen-bond donors (Lipinski definition) is 1. The zero-order valence-corrected chi connectivity index (χ0v) is 19.5. The SMILES string of the molecule is CCC(CC(C)(C)C(=O)O)Oc1ccccc1Cn1c(C)cnc1-c1ccc(Cl)c(F)c1. The molecule has 7 heteroatoms. The summed E-state index contributed by atoms with van der Waals surface area (Å²) in [5.41, 5.74) is 1.59. The molecule has 1 unspecified atom stereocenters. The van der Waals surface area contributed by atoms with Crippen molar-refractivity contribution in [2.24, 2.45) is 5.41 Å². The number of ether oxygens (including phenoxy) is 1. The van der Waals surface area contributed by atoms with Crippen LogP contribution in [0.4, 0.5) is 4.39 Å². The van der Waals surface area contributed by atoms with Gasteiger partial charge in [-0.2, -0.15) is 0 Å². The van der Waals surface area contributed by atoms with Gasteiger partial charge in [0, 0.05) is 23.0 Å². The molecule has 32 heavy (non-hydrogen) atoms. The van der Waals surface area contributed by atoms with Gasteiger partial charge in [-0.1, -0.05) is 36.7 Å². The third-order valence-corrected chi connectivity index (χ3v) is 5.91. The molecular weight excluding hydrogens is 431 g/mol. The Kier molecular flexibility index (Phi) is 7.24. The van der Waals surface area contributed by atoms with E-state index in [0.29, 0.717) is 36.5 Å². The minimum atomic E-state index is -0.887. The fourth-order valence-electron chi connectivity index (χ4n) is 3.55. The zero-order chi connectivity index (χ0) is 23.5. The second kappa shape index (κ2) is 9.74. The molecule has 0 aliphatic rings. The van der Waals surface area contributed by atoms with Crippen molar-refractivity contribution in [3.8, 4) is 17.1 Å². The van der Waals surface area contributed by atoms with Crippen LogP contribution in [0.25, 0.3) is 11.4 Å². The van der Waals surface area contributed by atoms with Crippen molar-refractivity contribution in [2.45, 2.75) is 53.2 Å². The first kappa shape index (κ1) is 23.8. The zero-order valence-electron chi connectivity index (χ0n) is 18.7. The average molecular weight is 459 g/mol. The Hall–Kier alpha value is -2.86. The van der Waals surface area contributed by atoms with Crippen LogP contribution in [-0.4, -0.2) is 26.7 Å². The van der Waals surface area contributed by atoms with Gasteiger partial charge < -0.3 is 14.4 Å². The topological polar surface area (TPSA) is 64.3 Å². The van der Waals surface area contributed by atoms with Gasteiger partial charge in [0.15, 0.2) is 0 Å². The predicted molar refractivity (Wildman–Crippen MR) is 124 cm³/mol. The molecule has 0 saturated heterocycles. The van der Waals surface area contributed by atoms with Crippen LogP contribution in [0.1, 0.15) is 44.9 Å². The number of para-hydroxylation sites is 1. The van der Waals surface area contributed by atoms with Crippen LogP contribution < -0.4 is 4.74 Å². The average Bonchev–Trinajstić information content (AvgIpc) is 3.11. The van der Waals surface area contributed by atoms with Gasteiger partial charge >= 0.3 is 5.97 Å². The molecule has 0 aliphatic heterocycles. The summed E-state index contributed by atoms with van der Waals surface area (Å²) in [6.07, 6.45) is 2.59. The predicted octanol–water partition coefficient (Wildman–Crippen LogP) is 6.36. The van der Waals surface area contributed by atoms with E-state index in [1.54, 1.807) is 26.1 Å². The molecule has 1 aromatic heterocycles. The van der Waals surface area contributed by atoms with Gasteiger partial charge in [-0.25, -0.2) is 9.37 Å². The Morgan fingerprint density at radius 2 is 2.00 bits per heavy atom. The highest BCUT2D eigenvalue weighted by Gasteiger charge is 2.31. The molecule has 0 radical (unpaired) electrons. The Bertz CT molecular complexity index is 1110. The lowest BCUT2D eigenvalue weighted by Gasteiger charge is -2.27. The van der Waals surface area contributed by atoms with E-state index in [9.17, 15) is 14.3 Å². The monoisotopic (exact) mass is 458 g/mol. The number of carboxylic acid groups (broad SMARTS) is 1. The van der Waals surface area contributed by atoms with Crippen molar-refractivity contribution < 1.29 is 19.0 Å². The van der Waals surface area contributed by atoms with E-state index >= 15 is 0 Å². The molecule has 2 aromatic carbocycles. The Morgan fingerprint density at radius 3 is 2.66 bits per heavy atom. The Morgan fingerprint density at radius 1 is 1.28 bits per heavy atom. The molecule has 1 heterocycles. The third kappa shape index (κ3) is 5.30. The number of imidazole rings is 1. The van der Waals surface area contributed by atoms with Crippen LogP contribution in [0.15, 0.2) is 48.7 Å². The lowest BCUT2D eigenvalue weighted by atomic mass is 9.86. The van der Waals surface area contributed by atoms with Crippen LogP contribution >= 0.6 is 11.6 Å². The lowest BCUT2D eigenvalue weighted by molar-refractivity contribution is -0.148. The molecule has 1 atom stereocenters. The molecular formula is C25H28ClFN2O3. The van der Waals surface area contributed by atoms with E-state index in [4.69, 9.17) is 16.3 Å². The molecule has 3 aromatic rings. The molecule has 0 saturated carbocycles. The molecule has 0 fully saturated rings. The second-order valence-electron chi connectivity index (χ2n) is 8.59. The Labute approximate surface area is 192 Å². The van der Waals surface area contributed by atoms with Crippen LogP contribution in [0.3, 0.4) is 0 Å². The minimum Gasteiger partial charge on any atom is -0.490 e. The molecule has 0 amide bonds. The highest BCUT2D eigenvalue weighted by Crippen LogP contribution is 2.30. The summed E-state index contributed by atoms with van der Waals surface area (Å²) in [6, 6.07) is 12.3. The highest BCUT2D eigenvalue weighted by atomic mass is 35.5. The number of aliphatic carboxylic acids is 1. The van der Waals surface area contributed by atoms with Crippen molar-refractivity contribution >= 4 is 17.6 Å². The molecule has 0 aliphatic carbocycles. The number of carbonyl (C=O) groups is 1. The van der Waals surface area contributed by atoms with E-state index in [1.807, 2.05) is 42.7 Å². The lowest BCUT2D eigenvalue weighted by Crippen LogP contribution is -2.31. The quantitative estimate of drug-likeness (QED) is 0.405. The van der Waals surface area contributed by atoms with Gasteiger partial charge in [0.1, 0.15) is 17.4 Å². The maximum atomic E-state index is 14.0. The van der Waals surface area contributed by atoms with Crippen molar-refractivity contribution in [3.05, 3.63) is 70.8 Å². The number of benzene rings is 2. The van der Waals surface area contributed by atoms with Crippen LogP contribution in [0.2, 0.25) is 5.02 Å². The van der Waals surface area contributed by atoms with Crippen molar-refractivity contribution in [2.75, 3.05) is 0 Å². The first-order chi connectivity index (χ1) is 15.1. The number of nitrogens with zero attached hydrogens (tertiary/aromatic N) is 2. The Balaban J connectivity index is 1.90. The third-order valence-electron chi connectivity index (χ3n) is 5.60. The number of halogens is 2. The summed E-state index contributed by atoms with van der Waals surface area (Å²) in [5.74, 6) is -0.0116. The number of aromatic nitrogens is 2. The maximum Gasteiger partial charge on any atom is 0.309 e. The van der Waals surface area contributed by atoms with Crippen LogP contribution in [0, 0.1) is 18.2 Å². The van der Waals surface area contributed by atoms with Crippen molar-refractivity contribution in [3.63, 3.8) is 0 Å². The normalized spacial score (nSPS) is 12.6. The van der Waals surface area contributed by atoms with Gasteiger partial charge in [-0.15, -0.1) is 0 Å². The molecule has 5 nitrogen and oxygen atoms in total. The minimum absolute atomic E-state index is 0.0669. The van der Waals surface area contributed by atoms with Gasteiger partial charge in [-0.05, 0) is 57.9 Å². The summed E-state index contributed by atoms with van der Waals surface area (Å²) in [6.45, 7) is 7.81. The maximum absolute atomic E-state index is 14.0. The van der Waals surface area contributed by atoms with Crippen molar-refractivity contribution in [1.82, 2.24) is 9.55 Å². The fourth-order valence-corrected chi connectivity index (χ4v) is 3.67. The summed E-state index contributed by atoms with van der Waals surface area (Å²) in [5, 5.41) is 9.55. The number of rotatable bonds is 9. The fraction of sp³-hybridized carbons (Fsp3) is 0.360. The van der Waals surface area contributed by atoms with E-state index in [0.717, 1.165) is 11.3 Å². The van der Waals surface area contributed by atoms with Gasteiger partial charge in [0.25, 0.3) is 0 Å². The number of aryl methyl sites for hydroxylation is 1. The smallest absolute Gasteiger partial charge is 0.309 e. The van der Waals surface area contributed by atoms with Gasteiger partial charge in [-0.3, -0.25) is 4.79 Å². The largest absolute Gasteiger partial charge is 0.490 e. The molecule has 1 N–H and O–H groups in total. The highest BCUT2D eigenvalue weighted by molar-refractivity contribution is 6.30. The van der Waals surface area contributed by atoms with E-state index in [1.165, 1.54) is 12.1 Å². The summed E-state index contributed by atoms with van der Waals surface area (Å²) in [4.78, 5) is 16.0. The van der Waals surface area contributed by atoms with Crippen LogP contribution in [0.5, 0.6) is 5.75 Å². The summed E-state index contributed by atoms with van der Waals surface area (Å²) in [7, 11) is 0. The van der Waals surface area contributed by atoms with Gasteiger partial charge in [0.05, 0.1) is 23.1 Å². The van der Waals surface area contributed by atoms with Gasteiger partial charge in [0.2, 0.25) is 0 Å². The number of carboxylic acids is 1. The van der Waals surface area contributed by atoms with E-state index < -0.39 is 17.2 Å². The first-order valence-electron chi connectivity index (χ1n) is 10.6. The van der Waals surface area contributed by atoms with Crippen molar-refractivity contribution in [1.29, 1.82) is 0 Å². The first-order valence-corrected chi connectivity index (χ1v) is 11.0. The second-order valence-corrected chi connectivity index (χ2v) is 8.99. The van der Waals surface area contributed by atoms with E-state index in [-0.39, 0.29) is 11.1 Å². The standard InChI is InChI=1S/C25H28ClFN2O3/c1-5-19(13-25(3,4)24(30)31)32-22-9-7-6-8-18(22)15-29-16(2)14-28-23(29)17-10-11-20(26)21(27)12-17/h6-12,14,19H,5,13,15H2,1-4H3,(H,30,31). The number of hydrogen-bond acceptors (Lipinski definition) is 3. The summed E-state index contributed by atoms with van der Waals surface area (Å²) >= 11 is 5.84. The molecule has 0 bridgehead atoms. The molecule has 3 rings (SSSR count). The molecule has 0 spiro atoms. The summed E-state index contributed by atoms with van der Waals surface area (Å²) < 4.78 is 22.3. The van der Waals surface area contributed by atoms with Crippen LogP contribution in [-0.2, 0) is 11.3 Å². The molecule has 170 valence electrons.